The molecule has 0 amide bonds. The Labute approximate surface area is 468 Å². The van der Waals surface area contributed by atoms with Crippen molar-refractivity contribution in [3.05, 3.63) is 0 Å². The van der Waals surface area contributed by atoms with Crippen LogP contribution in [0.5, 0.6) is 0 Å². The van der Waals surface area contributed by atoms with Gasteiger partial charge in [-0.05, 0) is 146 Å². The Morgan fingerprint density at radius 2 is 0.649 bits per heavy atom. The van der Waals surface area contributed by atoms with E-state index in [9.17, 15) is 0 Å². The van der Waals surface area contributed by atoms with Gasteiger partial charge in [-0.2, -0.15) is 0 Å². The summed E-state index contributed by atoms with van der Waals surface area (Å²) in [5.74, 6) is 5.23. The van der Waals surface area contributed by atoms with Gasteiger partial charge in [0.05, 0.1) is 0 Å². The van der Waals surface area contributed by atoms with E-state index in [0.717, 1.165) is 104 Å². The third-order valence-electron chi connectivity index (χ3n) is 12.1. The highest BCUT2D eigenvalue weighted by atomic mass is 16.2. The molecule has 0 spiro atoms. The highest BCUT2D eigenvalue weighted by molar-refractivity contribution is 4.61. The third-order valence-corrected chi connectivity index (χ3v) is 12.1. The fourth-order valence-corrected chi connectivity index (χ4v) is 7.24. The molecule has 14 nitrogen and oxygen atoms in total. The zero-order valence-corrected chi connectivity index (χ0v) is 52.6. The molecule has 0 aliphatic rings. The molecule has 0 bridgehead atoms. The van der Waals surface area contributed by atoms with E-state index in [-0.39, 0.29) is 7.43 Å². The van der Waals surface area contributed by atoms with Crippen LogP contribution in [-0.4, -0.2) is 196 Å². The van der Waals surface area contributed by atoms with Crippen LogP contribution >= 0.6 is 0 Å². The zero-order chi connectivity index (χ0) is 56.5. The van der Waals surface area contributed by atoms with E-state index in [1.807, 2.05) is 14.1 Å². The number of nitrogens with one attached hydrogen (secondary N) is 3. The first kappa shape index (κ1) is 90.0. The molecular weight excluding hydrogens is 919 g/mol. The molecule has 74 heavy (non-hydrogen) atoms. The minimum Gasteiger partial charge on any atom is -0.396 e. The minimum atomic E-state index is 0. The number of hydrazine groups is 1. The van der Waals surface area contributed by atoms with Crippen molar-refractivity contribution in [1.82, 2.24) is 40.6 Å². The molecule has 0 radical (unpaired) electrons. The van der Waals surface area contributed by atoms with Crippen molar-refractivity contribution in [1.29, 1.82) is 0 Å². The third kappa shape index (κ3) is 107. The summed E-state index contributed by atoms with van der Waals surface area (Å²) in [6.07, 6.45) is 35.6. The molecule has 0 fully saturated rings. The van der Waals surface area contributed by atoms with Gasteiger partial charge in [-0.15, -0.1) is 0 Å². The number of rotatable bonds is 47. The SMILES string of the molecule is C.CCCCCCCCN.CCCCCCCCN(C)C.CCCCCCCO.CCCCCN(C)CCCCC.CCCCN(C)CCCN.CCCN(CCN)CCN.CNCCN(CCNC)CCNN. The summed E-state index contributed by atoms with van der Waals surface area (Å²) in [6.45, 7) is 34.4. The van der Waals surface area contributed by atoms with Gasteiger partial charge in [-0.25, -0.2) is 0 Å². The first-order valence-electron chi connectivity index (χ1n) is 31.0. The molecule has 0 aromatic rings. The lowest BCUT2D eigenvalue weighted by atomic mass is 10.1. The van der Waals surface area contributed by atoms with Gasteiger partial charge in [0.1, 0.15) is 0 Å². The van der Waals surface area contributed by atoms with Crippen molar-refractivity contribution in [3.8, 4) is 0 Å². The van der Waals surface area contributed by atoms with Gasteiger partial charge in [-0.3, -0.25) is 16.2 Å². The molecule has 0 aliphatic heterocycles. The number of unbranched alkanes of at least 4 members (excludes halogenated alkanes) is 19. The summed E-state index contributed by atoms with van der Waals surface area (Å²) in [4.78, 5) is 11.7. The van der Waals surface area contributed by atoms with E-state index in [4.69, 9.17) is 33.9 Å². The Kier molecular flexibility index (Phi) is 112. The first-order valence-corrected chi connectivity index (χ1v) is 31.0. The highest BCUT2D eigenvalue weighted by Gasteiger charge is 2.02. The van der Waals surface area contributed by atoms with Crippen LogP contribution in [0, 0.1) is 0 Å². The maximum atomic E-state index is 8.37. The quantitative estimate of drug-likeness (QED) is 0.0158. The summed E-state index contributed by atoms with van der Waals surface area (Å²) in [5.41, 5.74) is 24.2. The van der Waals surface area contributed by atoms with E-state index in [1.165, 1.54) is 187 Å². The second-order valence-corrected chi connectivity index (χ2v) is 20.2. The van der Waals surface area contributed by atoms with Crippen molar-refractivity contribution in [3.63, 3.8) is 0 Å². The molecule has 0 aliphatic carbocycles. The second kappa shape index (κ2) is 91.9. The Hall–Kier alpha value is -0.560. The van der Waals surface area contributed by atoms with Crippen LogP contribution < -0.4 is 44.8 Å². The molecular formula is C60H149N13O. The lowest BCUT2D eigenvalue weighted by molar-refractivity contribution is 0.277. The Morgan fingerprint density at radius 1 is 0.324 bits per heavy atom. The molecule has 0 rings (SSSR count). The van der Waals surface area contributed by atoms with E-state index in [2.05, 4.69) is 117 Å². The molecule has 14 heteroatoms. The van der Waals surface area contributed by atoms with Crippen LogP contribution in [0.4, 0.5) is 0 Å². The van der Waals surface area contributed by atoms with Gasteiger partial charge in [-0.1, -0.05) is 178 Å². The van der Waals surface area contributed by atoms with Gasteiger partial charge in [0.25, 0.3) is 0 Å². The smallest absolute Gasteiger partial charge is 0.0431 e. The van der Waals surface area contributed by atoms with Crippen LogP contribution in [0.25, 0.3) is 0 Å². The standard InChI is InChI=1S/C11H25N.C10H23N.C8H23N5.C8H20N2.C8H19N.C7H19N3.C7H16O.CH4/c1-4-6-8-10-12(3)11-9-7-5-2;1-4-5-6-7-8-9-10-11(2)3;1-10-3-6-13(7-4-11-2)8-5-12-9;1-3-4-7-10(2)8-5-6-9;1-2-3-4-5-6-7-8-9;1-2-5-10(6-3-8)7-4-9;1-2-3-4-5-6-7-8;/h4-11H2,1-3H3;4-10H2,1-3H3;10-12H,3-9H2,1-2H3;3-9H2,1-2H3;2-9H2,1H3;2-9H2,1H3;8H,2-7H2,1H3;1H4. The van der Waals surface area contributed by atoms with Gasteiger partial charge < -0.3 is 58.3 Å². The predicted octanol–water partition coefficient (Wildman–Crippen LogP) is 9.97. The van der Waals surface area contributed by atoms with Crippen molar-refractivity contribution in [2.75, 3.05) is 167 Å². The number of likely N-dealkylation sites (N-methyl/N-ethyl adjacent to an activating group) is 2. The normalized spacial score (nSPS) is 10.5. The molecule has 0 saturated heterocycles. The Bertz CT molecular complexity index is 760. The summed E-state index contributed by atoms with van der Waals surface area (Å²) >= 11 is 0. The molecule has 0 unspecified atom stereocenters. The van der Waals surface area contributed by atoms with Gasteiger partial charge in [0.15, 0.2) is 0 Å². The van der Waals surface area contributed by atoms with E-state index in [1.54, 1.807) is 0 Å². The lowest BCUT2D eigenvalue weighted by Gasteiger charge is -2.21. The van der Waals surface area contributed by atoms with Crippen LogP contribution in [-0.2, 0) is 0 Å². The van der Waals surface area contributed by atoms with Gasteiger partial charge in [0.2, 0.25) is 0 Å². The number of aliphatic hydroxyl groups is 1. The molecule has 0 atom stereocenters. The van der Waals surface area contributed by atoms with Crippen molar-refractivity contribution >= 4 is 0 Å². The van der Waals surface area contributed by atoms with Crippen LogP contribution in [0.15, 0.2) is 0 Å². The average molecular weight is 1070 g/mol. The van der Waals surface area contributed by atoms with E-state index < -0.39 is 0 Å². The van der Waals surface area contributed by atoms with Crippen molar-refractivity contribution in [2.45, 2.75) is 229 Å². The van der Waals surface area contributed by atoms with Crippen LogP contribution in [0.2, 0.25) is 0 Å². The Balaban J connectivity index is -0.000000115. The maximum Gasteiger partial charge on any atom is 0.0431 e. The average Bonchev–Trinajstić information content (AvgIpc) is 3.38. The topological polar surface area (TPSA) is 203 Å². The number of hydrogen-bond donors (Lipinski definition) is 9. The lowest BCUT2D eigenvalue weighted by Crippen LogP contribution is -2.40. The summed E-state index contributed by atoms with van der Waals surface area (Å²) < 4.78 is 0. The molecule has 14 N–H and O–H groups in total. The molecule has 0 aromatic heterocycles. The Morgan fingerprint density at radius 3 is 1.00 bits per heavy atom. The van der Waals surface area contributed by atoms with E-state index >= 15 is 0 Å². The number of nitrogens with zero attached hydrogens (tertiary/aromatic N) is 5. The fourth-order valence-electron chi connectivity index (χ4n) is 7.24. The highest BCUT2D eigenvalue weighted by Crippen LogP contribution is 2.06. The largest absolute Gasteiger partial charge is 0.396 e. The van der Waals surface area contributed by atoms with E-state index in [0.29, 0.717) is 6.61 Å². The minimum absolute atomic E-state index is 0. The number of nitrogens with two attached hydrogens (primary N) is 5. The summed E-state index contributed by atoms with van der Waals surface area (Å²) in [6, 6.07) is 0. The van der Waals surface area contributed by atoms with Gasteiger partial charge in [0, 0.05) is 72.1 Å². The summed E-state index contributed by atoms with van der Waals surface area (Å²) in [5, 5.41) is 14.6. The second-order valence-electron chi connectivity index (χ2n) is 20.2. The summed E-state index contributed by atoms with van der Waals surface area (Å²) in [7, 11) is 12.6. The molecule has 0 saturated carbocycles. The van der Waals surface area contributed by atoms with Crippen molar-refractivity contribution < 1.29 is 5.11 Å². The monoisotopic (exact) mass is 1070 g/mol. The van der Waals surface area contributed by atoms with Gasteiger partial charge >= 0.3 is 0 Å². The van der Waals surface area contributed by atoms with Crippen LogP contribution in [0.1, 0.15) is 229 Å². The molecule has 0 heterocycles. The first-order chi connectivity index (χ1) is 35.4. The molecule has 0 aromatic carbocycles. The predicted molar refractivity (Wildman–Crippen MR) is 341 cm³/mol. The maximum absolute atomic E-state index is 8.37. The van der Waals surface area contributed by atoms with Crippen LogP contribution in [0.3, 0.4) is 0 Å². The van der Waals surface area contributed by atoms with Crippen molar-refractivity contribution in [2.24, 2.45) is 28.8 Å². The number of hydrogen-bond acceptors (Lipinski definition) is 14. The fraction of sp³-hybridized carbons (Fsp3) is 1.00. The zero-order valence-electron chi connectivity index (χ0n) is 52.6. The number of aliphatic hydroxyl groups excluding tert-OH is 1. The molecule has 460 valence electrons.